The molecule has 0 N–H and O–H groups in total. The predicted molar refractivity (Wildman–Crippen MR) is 78.9 cm³/mol. The van der Waals surface area contributed by atoms with Crippen molar-refractivity contribution >= 4 is 21.6 Å². The monoisotopic (exact) mass is 270 g/mol. The largest absolute Gasteiger partial charge is 0.497 e. The lowest BCUT2D eigenvalue weighted by Crippen LogP contribution is -2.35. The van der Waals surface area contributed by atoms with Crippen molar-refractivity contribution in [3.8, 4) is 5.75 Å². The molecule has 0 unspecified atom stereocenters. The smallest absolute Gasteiger partial charge is 0.235 e. The van der Waals surface area contributed by atoms with Crippen LogP contribution in [0.25, 0.3) is 10.2 Å². The third-order valence-corrected chi connectivity index (χ3v) is 4.35. The fourth-order valence-corrected chi connectivity index (χ4v) is 3.32. The van der Waals surface area contributed by atoms with E-state index < -0.39 is 0 Å². The van der Waals surface area contributed by atoms with Gasteiger partial charge < -0.3 is 4.74 Å². The van der Waals surface area contributed by atoms with E-state index in [9.17, 15) is 0 Å². The van der Waals surface area contributed by atoms with Crippen LogP contribution in [0.15, 0.2) is 48.5 Å². The van der Waals surface area contributed by atoms with Crippen molar-refractivity contribution in [2.45, 2.75) is 13.5 Å². The van der Waals surface area contributed by atoms with E-state index in [-0.39, 0.29) is 0 Å². The first-order chi connectivity index (χ1) is 9.28. The minimum atomic E-state index is 0.882. The molecule has 0 aliphatic heterocycles. The van der Waals surface area contributed by atoms with Crippen molar-refractivity contribution in [2.75, 3.05) is 7.11 Å². The molecule has 0 aliphatic rings. The van der Waals surface area contributed by atoms with Gasteiger partial charge in [-0.05, 0) is 18.2 Å². The number of rotatable bonds is 3. The zero-order valence-electron chi connectivity index (χ0n) is 11.1. The van der Waals surface area contributed by atoms with E-state index in [4.69, 9.17) is 4.74 Å². The summed E-state index contributed by atoms with van der Waals surface area (Å²) in [7, 11) is 1.71. The maximum absolute atomic E-state index is 5.29. The van der Waals surface area contributed by atoms with E-state index in [1.54, 1.807) is 7.11 Å². The summed E-state index contributed by atoms with van der Waals surface area (Å²) in [4.78, 5) is 0. The second-order valence-electron chi connectivity index (χ2n) is 4.53. The Morgan fingerprint density at radius 2 is 1.95 bits per heavy atom. The highest BCUT2D eigenvalue weighted by Gasteiger charge is 2.16. The molecule has 96 valence electrons. The molecule has 0 saturated heterocycles. The fourth-order valence-electron chi connectivity index (χ4n) is 2.30. The number of fused-ring (bicyclic) bond motifs is 1. The topological polar surface area (TPSA) is 13.1 Å². The van der Waals surface area contributed by atoms with Crippen LogP contribution in [-0.4, -0.2) is 7.11 Å². The highest BCUT2D eigenvalue weighted by Crippen LogP contribution is 2.20. The Morgan fingerprint density at radius 3 is 2.79 bits per heavy atom. The normalized spacial score (nSPS) is 10.8. The number of ether oxygens (including phenoxy) is 1. The summed E-state index contributed by atoms with van der Waals surface area (Å²) in [6.07, 6.45) is 0. The first kappa shape index (κ1) is 12.2. The van der Waals surface area contributed by atoms with E-state index in [2.05, 4.69) is 47.9 Å². The Bertz CT molecular complexity index is 718. The van der Waals surface area contributed by atoms with E-state index in [0.717, 1.165) is 12.3 Å². The molecule has 3 aromatic rings. The Labute approximate surface area is 116 Å². The number of para-hydroxylation sites is 1. The van der Waals surface area contributed by atoms with Gasteiger partial charge in [-0.15, -0.1) is 0 Å². The molecule has 0 atom stereocenters. The summed E-state index contributed by atoms with van der Waals surface area (Å²) in [6, 6.07) is 16.8. The molecule has 1 aromatic heterocycles. The first-order valence-corrected chi connectivity index (χ1v) is 7.10. The van der Waals surface area contributed by atoms with Crippen LogP contribution < -0.4 is 9.30 Å². The van der Waals surface area contributed by atoms with Crippen molar-refractivity contribution in [1.82, 2.24) is 0 Å². The van der Waals surface area contributed by atoms with Crippen LogP contribution in [0.1, 0.15) is 10.6 Å². The Hall–Kier alpha value is -1.87. The first-order valence-electron chi connectivity index (χ1n) is 6.29. The average molecular weight is 270 g/mol. The van der Waals surface area contributed by atoms with E-state index in [1.165, 1.54) is 20.8 Å². The molecular formula is C16H16NOS+. The van der Waals surface area contributed by atoms with Gasteiger partial charge in [0, 0.05) is 18.6 Å². The second-order valence-corrected chi connectivity index (χ2v) is 5.76. The van der Waals surface area contributed by atoms with E-state index in [1.807, 2.05) is 23.5 Å². The molecule has 0 amide bonds. The van der Waals surface area contributed by atoms with Crippen molar-refractivity contribution < 1.29 is 9.30 Å². The van der Waals surface area contributed by atoms with Crippen LogP contribution in [0, 0.1) is 6.92 Å². The number of aromatic nitrogens is 1. The van der Waals surface area contributed by atoms with Crippen molar-refractivity contribution in [1.29, 1.82) is 0 Å². The number of hydrogen-bond acceptors (Lipinski definition) is 2. The second kappa shape index (κ2) is 5.02. The van der Waals surface area contributed by atoms with Gasteiger partial charge in [0.25, 0.3) is 0 Å². The van der Waals surface area contributed by atoms with Gasteiger partial charge in [0.15, 0.2) is 6.54 Å². The summed E-state index contributed by atoms with van der Waals surface area (Å²) in [5.41, 5.74) is 2.56. The molecule has 0 radical (unpaired) electrons. The lowest BCUT2D eigenvalue weighted by atomic mass is 10.2. The summed E-state index contributed by atoms with van der Waals surface area (Å²) in [6.45, 7) is 3.05. The molecule has 3 rings (SSSR count). The fraction of sp³-hybridized carbons (Fsp3) is 0.188. The quantitative estimate of drug-likeness (QED) is 0.663. The molecule has 0 saturated carbocycles. The lowest BCUT2D eigenvalue weighted by molar-refractivity contribution is -0.664. The van der Waals surface area contributed by atoms with Crippen molar-refractivity contribution in [2.24, 2.45) is 0 Å². The molecule has 0 aliphatic carbocycles. The van der Waals surface area contributed by atoms with Gasteiger partial charge in [-0.1, -0.05) is 35.6 Å². The number of benzene rings is 2. The van der Waals surface area contributed by atoms with Crippen LogP contribution in [0.5, 0.6) is 5.75 Å². The minimum Gasteiger partial charge on any atom is -0.497 e. The molecular weight excluding hydrogens is 254 g/mol. The van der Waals surface area contributed by atoms with Gasteiger partial charge >= 0.3 is 0 Å². The highest BCUT2D eigenvalue weighted by molar-refractivity contribution is 7.18. The van der Waals surface area contributed by atoms with Gasteiger partial charge in [0.1, 0.15) is 10.4 Å². The number of hydrogen-bond donors (Lipinski definition) is 0. The molecule has 0 fully saturated rings. The zero-order chi connectivity index (χ0) is 13.2. The van der Waals surface area contributed by atoms with Crippen molar-refractivity contribution in [3.63, 3.8) is 0 Å². The Kier molecular flexibility index (Phi) is 3.22. The van der Waals surface area contributed by atoms with Gasteiger partial charge in [-0.2, -0.15) is 4.57 Å². The minimum absolute atomic E-state index is 0.882. The van der Waals surface area contributed by atoms with Crippen LogP contribution in [0.3, 0.4) is 0 Å². The Morgan fingerprint density at radius 1 is 1.11 bits per heavy atom. The Balaban J connectivity index is 2.02. The lowest BCUT2D eigenvalue weighted by Gasteiger charge is -2.02. The molecule has 2 nitrogen and oxygen atoms in total. The summed E-state index contributed by atoms with van der Waals surface area (Å²) in [5, 5.41) is 1.32. The maximum atomic E-state index is 5.29. The van der Waals surface area contributed by atoms with Crippen LogP contribution in [0.2, 0.25) is 0 Å². The van der Waals surface area contributed by atoms with Gasteiger partial charge in [-0.3, -0.25) is 0 Å². The van der Waals surface area contributed by atoms with Crippen LogP contribution in [0.4, 0.5) is 0 Å². The summed E-state index contributed by atoms with van der Waals surface area (Å²) < 4.78 is 8.98. The summed E-state index contributed by atoms with van der Waals surface area (Å²) >= 11 is 1.84. The number of thiazole rings is 1. The van der Waals surface area contributed by atoms with Crippen LogP contribution in [-0.2, 0) is 6.54 Å². The molecule has 1 heterocycles. The SMILES string of the molecule is COc1cccc(C[n+]2c(C)sc3ccccc32)c1. The summed E-state index contributed by atoms with van der Waals surface area (Å²) in [5.74, 6) is 0.912. The van der Waals surface area contributed by atoms with Crippen molar-refractivity contribution in [3.05, 3.63) is 59.1 Å². The molecule has 0 bridgehead atoms. The standard InChI is InChI=1S/C16H16NOS/c1-12-17(15-8-3-4-9-16(15)19-12)11-13-6-5-7-14(10-13)18-2/h3-10H,11H2,1-2H3/q+1. The molecule has 0 spiro atoms. The third kappa shape index (κ3) is 2.34. The average Bonchev–Trinajstić information content (AvgIpc) is 2.76. The van der Waals surface area contributed by atoms with Gasteiger partial charge in [0.05, 0.1) is 7.11 Å². The van der Waals surface area contributed by atoms with Gasteiger partial charge in [0.2, 0.25) is 10.5 Å². The zero-order valence-corrected chi connectivity index (χ0v) is 11.9. The molecule has 3 heteroatoms. The van der Waals surface area contributed by atoms with E-state index >= 15 is 0 Å². The number of methoxy groups -OCH3 is 1. The van der Waals surface area contributed by atoms with Gasteiger partial charge in [-0.25, -0.2) is 0 Å². The molecule has 2 aromatic carbocycles. The third-order valence-electron chi connectivity index (χ3n) is 3.27. The number of aryl methyl sites for hydroxylation is 1. The predicted octanol–water partition coefficient (Wildman–Crippen LogP) is 3.55. The van der Waals surface area contributed by atoms with Crippen LogP contribution >= 0.6 is 11.3 Å². The highest BCUT2D eigenvalue weighted by atomic mass is 32.1. The molecule has 19 heavy (non-hydrogen) atoms. The maximum Gasteiger partial charge on any atom is 0.235 e. The number of nitrogens with zero attached hydrogens (tertiary/aromatic N) is 1. The van der Waals surface area contributed by atoms with E-state index in [0.29, 0.717) is 0 Å².